The summed E-state index contributed by atoms with van der Waals surface area (Å²) < 4.78 is 1.96. The van der Waals surface area contributed by atoms with E-state index in [9.17, 15) is 4.79 Å². The van der Waals surface area contributed by atoms with Crippen LogP contribution in [0.5, 0.6) is 0 Å². The van der Waals surface area contributed by atoms with Crippen LogP contribution in [0, 0.1) is 0 Å². The van der Waals surface area contributed by atoms with Crippen LogP contribution in [0.4, 0.5) is 0 Å². The minimum Gasteiger partial charge on any atom is -0.333 e. The fraction of sp³-hybridized carbons (Fsp3) is 0.0625. The van der Waals surface area contributed by atoms with Crippen molar-refractivity contribution >= 4 is 28.8 Å². The summed E-state index contributed by atoms with van der Waals surface area (Å²) in [6.07, 6.45) is 0.825. The summed E-state index contributed by atoms with van der Waals surface area (Å²) >= 11 is 6.28. The topological polar surface area (TPSA) is 22.0 Å². The number of aromatic nitrogens is 1. The summed E-state index contributed by atoms with van der Waals surface area (Å²) in [5, 5.41) is 1.45. The normalized spacial score (nSPS) is 10.8. The van der Waals surface area contributed by atoms with Crippen molar-refractivity contribution in [3.63, 3.8) is 0 Å². The molecule has 0 bridgehead atoms. The molecule has 94 valence electrons. The Balaban J connectivity index is 2.19. The van der Waals surface area contributed by atoms with E-state index in [1.807, 2.05) is 59.2 Å². The quantitative estimate of drug-likeness (QED) is 0.655. The first-order valence-corrected chi connectivity index (χ1v) is 6.45. The van der Waals surface area contributed by atoms with E-state index in [1.54, 1.807) is 0 Å². The number of halogens is 1. The van der Waals surface area contributed by atoms with Gasteiger partial charge >= 0.3 is 0 Å². The maximum atomic E-state index is 11.3. The highest BCUT2D eigenvalue weighted by Gasteiger charge is 2.14. The van der Waals surface area contributed by atoms with Gasteiger partial charge in [-0.15, -0.1) is 0 Å². The highest BCUT2D eigenvalue weighted by Crippen LogP contribution is 2.30. The molecular weight excluding hydrogens is 258 g/mol. The van der Waals surface area contributed by atoms with Gasteiger partial charge in [-0.05, 0) is 11.6 Å². The maximum absolute atomic E-state index is 11.3. The molecule has 2 aromatic carbocycles. The van der Waals surface area contributed by atoms with Crippen LogP contribution in [-0.4, -0.2) is 10.9 Å². The number of carbonyl (C=O) groups excluding carboxylic acids is 1. The molecule has 0 unspecified atom stereocenters. The molecule has 0 fully saturated rings. The Morgan fingerprint density at radius 3 is 2.42 bits per heavy atom. The molecule has 0 aliphatic rings. The van der Waals surface area contributed by atoms with Crippen molar-refractivity contribution < 1.29 is 4.79 Å². The first-order chi connectivity index (χ1) is 9.31. The zero-order valence-corrected chi connectivity index (χ0v) is 11.0. The molecule has 0 saturated heterocycles. The third-order valence-corrected chi connectivity index (χ3v) is 3.64. The predicted octanol–water partition coefficient (Wildman–Crippen LogP) is 4.16. The Morgan fingerprint density at radius 2 is 1.68 bits per heavy atom. The minimum atomic E-state index is 0.529. The van der Waals surface area contributed by atoms with Gasteiger partial charge in [-0.25, -0.2) is 0 Å². The minimum absolute atomic E-state index is 0.529. The number of aldehydes is 1. The number of hydrogen-bond donors (Lipinski definition) is 0. The first-order valence-electron chi connectivity index (χ1n) is 6.07. The van der Waals surface area contributed by atoms with Crippen molar-refractivity contribution in [2.24, 2.45) is 0 Å². The number of hydrogen-bond acceptors (Lipinski definition) is 1. The summed E-state index contributed by atoms with van der Waals surface area (Å²) in [6.45, 7) is 0.641. The molecule has 1 aromatic heterocycles. The second-order valence-electron chi connectivity index (χ2n) is 4.41. The Labute approximate surface area is 116 Å². The molecule has 0 aliphatic carbocycles. The van der Waals surface area contributed by atoms with Gasteiger partial charge in [0.2, 0.25) is 0 Å². The molecule has 0 saturated carbocycles. The monoisotopic (exact) mass is 269 g/mol. The van der Waals surface area contributed by atoms with Gasteiger partial charge in [-0.2, -0.15) is 0 Å². The lowest BCUT2D eigenvalue weighted by Crippen LogP contribution is -2.03. The fourth-order valence-corrected chi connectivity index (χ4v) is 2.64. The molecule has 3 rings (SSSR count). The van der Waals surface area contributed by atoms with E-state index in [0.29, 0.717) is 17.3 Å². The largest absolute Gasteiger partial charge is 0.333 e. The van der Waals surface area contributed by atoms with Gasteiger partial charge in [0.1, 0.15) is 5.69 Å². The van der Waals surface area contributed by atoms with Crippen LogP contribution in [0.25, 0.3) is 10.9 Å². The number of fused-ring (bicyclic) bond motifs is 1. The number of carbonyl (C=O) groups is 1. The second-order valence-corrected chi connectivity index (χ2v) is 4.78. The van der Waals surface area contributed by atoms with Gasteiger partial charge < -0.3 is 4.57 Å². The molecule has 1 heterocycles. The average Bonchev–Trinajstić information content (AvgIpc) is 2.73. The lowest BCUT2D eigenvalue weighted by molar-refractivity contribution is 0.111. The summed E-state index contributed by atoms with van der Waals surface area (Å²) in [6, 6.07) is 17.8. The molecule has 0 spiro atoms. The predicted molar refractivity (Wildman–Crippen MR) is 77.9 cm³/mol. The van der Waals surface area contributed by atoms with Crippen LogP contribution in [0.15, 0.2) is 54.6 Å². The Bertz CT molecular complexity index is 731. The SMILES string of the molecule is O=Cc1c(Cl)c2ccccc2n1Cc1ccccc1. The van der Waals surface area contributed by atoms with E-state index in [4.69, 9.17) is 11.6 Å². The van der Waals surface area contributed by atoms with Gasteiger partial charge in [0, 0.05) is 11.9 Å². The average molecular weight is 270 g/mol. The van der Waals surface area contributed by atoms with E-state index in [1.165, 1.54) is 0 Å². The van der Waals surface area contributed by atoms with E-state index >= 15 is 0 Å². The lowest BCUT2D eigenvalue weighted by Gasteiger charge is -2.07. The van der Waals surface area contributed by atoms with Crippen LogP contribution in [-0.2, 0) is 6.54 Å². The molecular formula is C16H12ClNO. The number of nitrogens with zero attached hydrogens (tertiary/aromatic N) is 1. The zero-order valence-electron chi connectivity index (χ0n) is 10.2. The number of rotatable bonds is 3. The first kappa shape index (κ1) is 12.0. The number of para-hydroxylation sites is 1. The molecule has 0 amide bonds. The van der Waals surface area contributed by atoms with Gasteiger partial charge in [0.15, 0.2) is 6.29 Å². The van der Waals surface area contributed by atoms with Crippen molar-refractivity contribution in [1.29, 1.82) is 0 Å². The molecule has 19 heavy (non-hydrogen) atoms. The standard InChI is InChI=1S/C16H12ClNO/c17-16-13-8-4-5-9-14(13)18(15(16)11-19)10-12-6-2-1-3-7-12/h1-9,11H,10H2. The van der Waals surface area contributed by atoms with Crippen molar-refractivity contribution in [3.05, 3.63) is 70.9 Å². The van der Waals surface area contributed by atoms with E-state index < -0.39 is 0 Å². The van der Waals surface area contributed by atoms with Crippen LogP contribution in [0.2, 0.25) is 5.02 Å². The van der Waals surface area contributed by atoms with Crippen LogP contribution in [0.3, 0.4) is 0 Å². The summed E-state index contributed by atoms with van der Waals surface area (Å²) in [7, 11) is 0. The Kier molecular flexibility index (Phi) is 3.10. The summed E-state index contributed by atoms with van der Waals surface area (Å²) in [5.41, 5.74) is 2.66. The molecule has 2 nitrogen and oxygen atoms in total. The maximum Gasteiger partial charge on any atom is 0.168 e. The Morgan fingerprint density at radius 1 is 1.00 bits per heavy atom. The summed E-state index contributed by atoms with van der Waals surface area (Å²) in [4.78, 5) is 11.3. The van der Waals surface area contributed by atoms with Crippen LogP contribution < -0.4 is 0 Å². The van der Waals surface area contributed by atoms with E-state index in [-0.39, 0.29) is 0 Å². The third-order valence-electron chi connectivity index (χ3n) is 3.24. The molecule has 0 aliphatic heterocycles. The van der Waals surface area contributed by atoms with Crippen molar-refractivity contribution in [1.82, 2.24) is 4.57 Å². The Hall–Kier alpha value is -2.06. The summed E-state index contributed by atoms with van der Waals surface area (Å²) in [5.74, 6) is 0. The molecule has 3 heteroatoms. The molecule has 0 N–H and O–H groups in total. The van der Waals surface area contributed by atoms with Gasteiger partial charge in [0.25, 0.3) is 0 Å². The highest BCUT2D eigenvalue weighted by atomic mass is 35.5. The molecule has 0 radical (unpaired) electrons. The van der Waals surface area contributed by atoms with E-state index in [0.717, 1.165) is 22.8 Å². The van der Waals surface area contributed by atoms with Gasteiger partial charge in [-0.1, -0.05) is 60.1 Å². The molecule has 3 aromatic rings. The van der Waals surface area contributed by atoms with Crippen molar-refractivity contribution in [2.45, 2.75) is 6.54 Å². The zero-order chi connectivity index (χ0) is 13.2. The lowest BCUT2D eigenvalue weighted by atomic mass is 10.2. The van der Waals surface area contributed by atoms with Gasteiger partial charge in [-0.3, -0.25) is 4.79 Å². The second kappa shape index (κ2) is 4.90. The third kappa shape index (κ3) is 2.04. The highest BCUT2D eigenvalue weighted by molar-refractivity contribution is 6.38. The van der Waals surface area contributed by atoms with Crippen molar-refractivity contribution in [2.75, 3.05) is 0 Å². The smallest absolute Gasteiger partial charge is 0.168 e. The molecule has 0 atom stereocenters. The number of benzene rings is 2. The fourth-order valence-electron chi connectivity index (χ4n) is 2.33. The van der Waals surface area contributed by atoms with E-state index in [2.05, 4.69) is 0 Å². The van der Waals surface area contributed by atoms with Crippen LogP contribution >= 0.6 is 11.6 Å². The van der Waals surface area contributed by atoms with Gasteiger partial charge in [0.05, 0.1) is 10.5 Å². The van der Waals surface area contributed by atoms with Crippen molar-refractivity contribution in [3.8, 4) is 0 Å². The van der Waals surface area contributed by atoms with Crippen LogP contribution in [0.1, 0.15) is 16.1 Å².